The number of aromatic nitrogens is 2. The molecule has 4 heteroatoms. The van der Waals surface area contributed by atoms with E-state index in [9.17, 15) is 4.79 Å². The van der Waals surface area contributed by atoms with Gasteiger partial charge in [-0.15, -0.1) is 0 Å². The van der Waals surface area contributed by atoms with Gasteiger partial charge in [-0.05, 0) is 12.8 Å². The smallest absolute Gasteiger partial charge is 0.135 e. The first-order valence-corrected chi connectivity index (χ1v) is 5.19. The fourth-order valence-electron chi connectivity index (χ4n) is 1.57. The molecule has 2 rings (SSSR count). The van der Waals surface area contributed by atoms with E-state index < -0.39 is 0 Å². The lowest BCUT2D eigenvalue weighted by Crippen LogP contribution is -2.15. The standard InChI is InChI=1S/C11H15N3O/c1-14(2)11-9(5-6-15)7-12-10(13-11)8-3-4-8/h6-8H,3-5H2,1-2H3. The molecule has 1 aromatic heterocycles. The van der Waals surface area contributed by atoms with Gasteiger partial charge in [-0.2, -0.15) is 0 Å². The highest BCUT2D eigenvalue weighted by molar-refractivity contribution is 5.60. The molecule has 15 heavy (non-hydrogen) atoms. The van der Waals surface area contributed by atoms with Gasteiger partial charge in [-0.3, -0.25) is 0 Å². The summed E-state index contributed by atoms with van der Waals surface area (Å²) in [4.78, 5) is 21.3. The molecule has 0 saturated heterocycles. The lowest BCUT2D eigenvalue weighted by Gasteiger charge is -2.15. The van der Waals surface area contributed by atoms with E-state index in [2.05, 4.69) is 9.97 Å². The molecule has 0 N–H and O–H groups in total. The van der Waals surface area contributed by atoms with Crippen molar-refractivity contribution in [3.05, 3.63) is 17.6 Å². The van der Waals surface area contributed by atoms with Crippen molar-refractivity contribution < 1.29 is 4.79 Å². The average molecular weight is 205 g/mol. The van der Waals surface area contributed by atoms with Crippen molar-refractivity contribution in [2.45, 2.75) is 25.2 Å². The number of nitrogens with zero attached hydrogens (tertiary/aromatic N) is 3. The zero-order valence-electron chi connectivity index (χ0n) is 9.10. The average Bonchev–Trinajstić information content (AvgIpc) is 3.02. The third-order valence-corrected chi connectivity index (χ3v) is 2.53. The summed E-state index contributed by atoms with van der Waals surface area (Å²) < 4.78 is 0. The predicted octanol–water partition coefficient (Wildman–Crippen LogP) is 1.16. The molecule has 0 radical (unpaired) electrons. The summed E-state index contributed by atoms with van der Waals surface area (Å²) in [6, 6.07) is 0. The van der Waals surface area contributed by atoms with Crippen LogP contribution >= 0.6 is 0 Å². The molecule has 1 aliphatic rings. The lowest BCUT2D eigenvalue weighted by atomic mass is 10.2. The van der Waals surface area contributed by atoms with E-state index in [0.29, 0.717) is 12.3 Å². The van der Waals surface area contributed by atoms with Crippen LogP contribution in [0.2, 0.25) is 0 Å². The predicted molar refractivity (Wildman–Crippen MR) is 58.1 cm³/mol. The van der Waals surface area contributed by atoms with E-state index in [1.54, 1.807) is 6.20 Å². The number of hydrogen-bond acceptors (Lipinski definition) is 4. The maximum Gasteiger partial charge on any atom is 0.135 e. The minimum absolute atomic E-state index is 0.387. The highest BCUT2D eigenvalue weighted by Crippen LogP contribution is 2.38. The number of aldehydes is 1. The SMILES string of the molecule is CN(C)c1nc(C2CC2)ncc1CC=O. The minimum Gasteiger partial charge on any atom is -0.362 e. The van der Waals surface area contributed by atoms with Crippen LogP contribution in [0.1, 0.15) is 30.1 Å². The lowest BCUT2D eigenvalue weighted by molar-refractivity contribution is -0.107. The van der Waals surface area contributed by atoms with Crippen molar-refractivity contribution in [3.63, 3.8) is 0 Å². The molecule has 0 spiro atoms. The number of carbonyl (C=O) groups excluding carboxylic acids is 1. The molecule has 1 aliphatic carbocycles. The minimum atomic E-state index is 0.387. The van der Waals surface area contributed by atoms with Crippen LogP contribution in [0.5, 0.6) is 0 Å². The Hall–Kier alpha value is -1.45. The summed E-state index contributed by atoms with van der Waals surface area (Å²) in [6.07, 6.45) is 5.45. The van der Waals surface area contributed by atoms with Gasteiger partial charge in [0.05, 0.1) is 0 Å². The first kappa shape index (κ1) is 10.1. The molecule has 1 fully saturated rings. The molecule has 0 unspecified atom stereocenters. The van der Waals surface area contributed by atoms with E-state index >= 15 is 0 Å². The van der Waals surface area contributed by atoms with Gasteiger partial charge in [0.1, 0.15) is 17.9 Å². The monoisotopic (exact) mass is 205 g/mol. The zero-order valence-corrected chi connectivity index (χ0v) is 9.10. The van der Waals surface area contributed by atoms with Gasteiger partial charge < -0.3 is 9.69 Å². The topological polar surface area (TPSA) is 46.1 Å². The van der Waals surface area contributed by atoms with Gasteiger partial charge in [0.15, 0.2) is 0 Å². The first-order valence-electron chi connectivity index (χ1n) is 5.19. The van der Waals surface area contributed by atoms with Crippen molar-refractivity contribution in [2.75, 3.05) is 19.0 Å². The Balaban J connectivity index is 2.34. The molecule has 80 valence electrons. The fourth-order valence-corrected chi connectivity index (χ4v) is 1.57. The van der Waals surface area contributed by atoms with Gasteiger partial charge >= 0.3 is 0 Å². The molecule has 0 aromatic carbocycles. The quantitative estimate of drug-likeness (QED) is 0.692. The molecule has 1 heterocycles. The summed E-state index contributed by atoms with van der Waals surface area (Å²) in [5.74, 6) is 2.35. The third-order valence-electron chi connectivity index (χ3n) is 2.53. The molecule has 1 aromatic rings. The van der Waals surface area contributed by atoms with E-state index in [1.807, 2.05) is 19.0 Å². The van der Waals surface area contributed by atoms with Crippen LogP contribution in [0.15, 0.2) is 6.20 Å². The van der Waals surface area contributed by atoms with Crippen LogP contribution in [-0.4, -0.2) is 30.3 Å². The van der Waals surface area contributed by atoms with E-state index in [1.165, 1.54) is 12.8 Å². The van der Waals surface area contributed by atoms with Crippen LogP contribution < -0.4 is 4.90 Å². The van der Waals surface area contributed by atoms with Crippen LogP contribution in [0.3, 0.4) is 0 Å². The zero-order chi connectivity index (χ0) is 10.8. The molecule has 0 atom stereocenters. The summed E-state index contributed by atoms with van der Waals surface area (Å²) in [5.41, 5.74) is 0.902. The number of anilines is 1. The van der Waals surface area contributed by atoms with E-state index in [4.69, 9.17) is 0 Å². The second-order valence-corrected chi connectivity index (χ2v) is 4.12. The Morgan fingerprint density at radius 3 is 2.80 bits per heavy atom. The maximum absolute atomic E-state index is 10.5. The Morgan fingerprint density at radius 2 is 2.27 bits per heavy atom. The van der Waals surface area contributed by atoms with Gasteiger partial charge in [-0.25, -0.2) is 9.97 Å². The summed E-state index contributed by atoms with van der Waals surface area (Å²) in [6.45, 7) is 0. The second-order valence-electron chi connectivity index (χ2n) is 4.12. The van der Waals surface area contributed by atoms with Crippen LogP contribution in [0.4, 0.5) is 5.82 Å². The number of hydrogen-bond donors (Lipinski definition) is 0. The Morgan fingerprint density at radius 1 is 1.53 bits per heavy atom. The van der Waals surface area contributed by atoms with Crippen LogP contribution in [0.25, 0.3) is 0 Å². The molecule has 1 saturated carbocycles. The number of carbonyl (C=O) groups is 1. The maximum atomic E-state index is 10.5. The highest BCUT2D eigenvalue weighted by Gasteiger charge is 2.27. The fraction of sp³-hybridized carbons (Fsp3) is 0.545. The molecule has 4 nitrogen and oxygen atoms in total. The molecular weight excluding hydrogens is 190 g/mol. The van der Waals surface area contributed by atoms with E-state index in [-0.39, 0.29) is 0 Å². The van der Waals surface area contributed by atoms with Crippen molar-refractivity contribution >= 4 is 12.1 Å². The normalized spacial score (nSPS) is 15.1. The Labute approximate surface area is 89.3 Å². The molecule has 0 amide bonds. The third kappa shape index (κ3) is 2.14. The van der Waals surface area contributed by atoms with Gasteiger partial charge in [0, 0.05) is 38.2 Å². The highest BCUT2D eigenvalue weighted by atomic mass is 16.1. The van der Waals surface area contributed by atoms with Crippen LogP contribution in [0, 0.1) is 0 Å². The van der Waals surface area contributed by atoms with Crippen molar-refractivity contribution in [1.29, 1.82) is 0 Å². The van der Waals surface area contributed by atoms with Crippen molar-refractivity contribution in [1.82, 2.24) is 9.97 Å². The summed E-state index contributed by atoms with van der Waals surface area (Å²) in [7, 11) is 3.88. The van der Waals surface area contributed by atoms with E-state index in [0.717, 1.165) is 23.5 Å². The van der Waals surface area contributed by atoms with Gasteiger partial charge in [-0.1, -0.05) is 0 Å². The molecular formula is C11H15N3O. The van der Waals surface area contributed by atoms with Gasteiger partial charge in [0.25, 0.3) is 0 Å². The van der Waals surface area contributed by atoms with Crippen molar-refractivity contribution in [3.8, 4) is 0 Å². The second kappa shape index (κ2) is 3.96. The number of rotatable bonds is 4. The van der Waals surface area contributed by atoms with Gasteiger partial charge in [0.2, 0.25) is 0 Å². The van der Waals surface area contributed by atoms with Crippen LogP contribution in [-0.2, 0) is 11.2 Å². The molecule has 0 bridgehead atoms. The Bertz CT molecular complexity index is 372. The van der Waals surface area contributed by atoms with Crippen molar-refractivity contribution in [2.24, 2.45) is 0 Å². The summed E-state index contributed by atoms with van der Waals surface area (Å²) >= 11 is 0. The molecule has 0 aliphatic heterocycles. The Kier molecular flexibility index (Phi) is 2.66. The summed E-state index contributed by atoms with van der Waals surface area (Å²) in [5, 5.41) is 0. The first-order chi connectivity index (χ1) is 7.22. The largest absolute Gasteiger partial charge is 0.362 e.